The van der Waals surface area contributed by atoms with Gasteiger partial charge in [-0.25, -0.2) is 0 Å². The Morgan fingerprint density at radius 3 is 2.92 bits per heavy atom. The fourth-order valence-electron chi connectivity index (χ4n) is 1.66. The van der Waals surface area contributed by atoms with Crippen LogP contribution in [-0.2, 0) is 9.53 Å². The van der Waals surface area contributed by atoms with Crippen LogP contribution < -0.4 is 0 Å². The van der Waals surface area contributed by atoms with E-state index in [4.69, 9.17) is 4.74 Å². The minimum atomic E-state index is 0.208. The second kappa shape index (κ2) is 3.85. The molecule has 0 aromatic carbocycles. The van der Waals surface area contributed by atoms with Crippen molar-refractivity contribution in [2.24, 2.45) is 5.92 Å². The van der Waals surface area contributed by atoms with Crippen LogP contribution in [0.3, 0.4) is 0 Å². The van der Waals surface area contributed by atoms with Gasteiger partial charge >= 0.3 is 0 Å². The number of ketones is 1. The Hall–Kier alpha value is -0.630. The molecule has 12 heavy (non-hydrogen) atoms. The lowest BCUT2D eigenvalue weighted by molar-refractivity contribution is -0.118. The van der Waals surface area contributed by atoms with E-state index in [1.165, 1.54) is 5.57 Å². The summed E-state index contributed by atoms with van der Waals surface area (Å²) in [5, 5.41) is 0. The van der Waals surface area contributed by atoms with Crippen LogP contribution in [-0.4, -0.2) is 18.5 Å². The zero-order chi connectivity index (χ0) is 9.14. The molecule has 0 spiro atoms. The van der Waals surface area contributed by atoms with Gasteiger partial charge < -0.3 is 9.53 Å². The summed E-state index contributed by atoms with van der Waals surface area (Å²) in [4.78, 5) is 10.9. The van der Waals surface area contributed by atoms with E-state index in [1.54, 1.807) is 6.92 Å². The van der Waals surface area contributed by atoms with Gasteiger partial charge in [0.15, 0.2) is 0 Å². The van der Waals surface area contributed by atoms with Crippen LogP contribution in [0.15, 0.2) is 11.6 Å². The first-order chi connectivity index (χ1) is 5.65. The predicted molar refractivity (Wildman–Crippen MR) is 48.0 cm³/mol. The SMILES string of the molecule is C/C=C1/COC(C)C1CC(C)=O. The maximum atomic E-state index is 10.9. The summed E-state index contributed by atoms with van der Waals surface area (Å²) < 4.78 is 5.45. The molecule has 0 aromatic rings. The number of ether oxygens (including phenoxy) is 1. The molecule has 2 atom stereocenters. The van der Waals surface area contributed by atoms with Crippen molar-refractivity contribution in [2.45, 2.75) is 33.3 Å². The van der Waals surface area contributed by atoms with Crippen LogP contribution in [0, 0.1) is 5.92 Å². The molecule has 0 radical (unpaired) electrons. The van der Waals surface area contributed by atoms with Gasteiger partial charge in [0.05, 0.1) is 12.7 Å². The van der Waals surface area contributed by atoms with Gasteiger partial charge in [0.2, 0.25) is 0 Å². The fraction of sp³-hybridized carbons (Fsp3) is 0.700. The van der Waals surface area contributed by atoms with Crippen molar-refractivity contribution in [2.75, 3.05) is 6.61 Å². The first kappa shape index (κ1) is 9.46. The molecule has 0 bridgehead atoms. The minimum absolute atomic E-state index is 0.208. The maximum absolute atomic E-state index is 10.9. The van der Waals surface area contributed by atoms with E-state index in [1.807, 2.05) is 13.8 Å². The molecule has 0 aromatic heterocycles. The number of Topliss-reactive ketones (excluding diaryl/α,β-unsaturated/α-hetero) is 1. The summed E-state index contributed by atoms with van der Waals surface area (Å²) in [5.41, 5.74) is 1.28. The average molecular weight is 168 g/mol. The lowest BCUT2D eigenvalue weighted by Crippen LogP contribution is -2.15. The molecule has 2 nitrogen and oxygen atoms in total. The third kappa shape index (κ3) is 1.95. The third-order valence-corrected chi connectivity index (χ3v) is 2.43. The second-order valence-corrected chi connectivity index (χ2v) is 3.39. The Morgan fingerprint density at radius 1 is 1.75 bits per heavy atom. The summed E-state index contributed by atoms with van der Waals surface area (Å²) in [6.45, 7) is 6.38. The van der Waals surface area contributed by atoms with Crippen LogP contribution >= 0.6 is 0 Å². The molecule has 0 amide bonds. The number of carbonyl (C=O) groups is 1. The molecule has 2 heteroatoms. The molecule has 1 aliphatic rings. The predicted octanol–water partition coefficient (Wildman–Crippen LogP) is 1.95. The summed E-state index contributed by atoms with van der Waals surface area (Å²) in [6.07, 6.45) is 2.90. The Labute approximate surface area is 73.6 Å². The third-order valence-electron chi connectivity index (χ3n) is 2.43. The highest BCUT2D eigenvalue weighted by atomic mass is 16.5. The Balaban J connectivity index is 2.64. The molecule has 2 unspecified atom stereocenters. The fourth-order valence-corrected chi connectivity index (χ4v) is 1.66. The second-order valence-electron chi connectivity index (χ2n) is 3.39. The van der Waals surface area contributed by atoms with Crippen molar-refractivity contribution in [3.05, 3.63) is 11.6 Å². The molecule has 0 N–H and O–H groups in total. The standard InChI is InChI=1S/C10H16O2/c1-4-9-6-12-8(3)10(9)5-7(2)11/h4,8,10H,5-6H2,1-3H3/b9-4-. The van der Waals surface area contributed by atoms with E-state index in [0.717, 1.165) is 0 Å². The van der Waals surface area contributed by atoms with E-state index in [-0.39, 0.29) is 11.9 Å². The van der Waals surface area contributed by atoms with E-state index in [0.29, 0.717) is 18.9 Å². The molecular formula is C10H16O2. The van der Waals surface area contributed by atoms with Gasteiger partial charge in [-0.15, -0.1) is 0 Å². The van der Waals surface area contributed by atoms with Gasteiger partial charge in [0, 0.05) is 12.3 Å². The molecule has 68 valence electrons. The summed E-state index contributed by atoms with van der Waals surface area (Å²) >= 11 is 0. The monoisotopic (exact) mass is 168 g/mol. The Kier molecular flexibility index (Phi) is 3.04. The van der Waals surface area contributed by atoms with Crippen molar-refractivity contribution in [1.82, 2.24) is 0 Å². The van der Waals surface area contributed by atoms with E-state index in [9.17, 15) is 4.79 Å². The van der Waals surface area contributed by atoms with E-state index < -0.39 is 0 Å². The zero-order valence-corrected chi connectivity index (χ0v) is 7.96. The first-order valence-corrected chi connectivity index (χ1v) is 4.41. The highest BCUT2D eigenvalue weighted by Gasteiger charge is 2.29. The number of hydrogen-bond donors (Lipinski definition) is 0. The van der Waals surface area contributed by atoms with Crippen molar-refractivity contribution in [3.63, 3.8) is 0 Å². The average Bonchev–Trinajstić information content (AvgIpc) is 2.32. The highest BCUT2D eigenvalue weighted by molar-refractivity contribution is 5.76. The highest BCUT2D eigenvalue weighted by Crippen LogP contribution is 2.29. The number of allylic oxidation sites excluding steroid dienone is 1. The molecule has 1 fully saturated rings. The summed E-state index contributed by atoms with van der Waals surface area (Å²) in [5.74, 6) is 0.573. The number of hydrogen-bond acceptors (Lipinski definition) is 2. The normalized spacial score (nSPS) is 32.8. The van der Waals surface area contributed by atoms with Gasteiger partial charge in [0.25, 0.3) is 0 Å². The van der Waals surface area contributed by atoms with Crippen LogP contribution in [0.4, 0.5) is 0 Å². The van der Waals surface area contributed by atoms with Gasteiger partial charge in [-0.2, -0.15) is 0 Å². The zero-order valence-electron chi connectivity index (χ0n) is 7.96. The topological polar surface area (TPSA) is 26.3 Å². The van der Waals surface area contributed by atoms with E-state index >= 15 is 0 Å². The number of rotatable bonds is 2. The molecule has 0 saturated carbocycles. The quantitative estimate of drug-likeness (QED) is 0.589. The molecule has 1 saturated heterocycles. The van der Waals surface area contributed by atoms with Gasteiger partial charge in [-0.05, 0) is 26.3 Å². The van der Waals surface area contributed by atoms with Crippen LogP contribution in [0.25, 0.3) is 0 Å². The van der Waals surface area contributed by atoms with Crippen molar-refractivity contribution in [3.8, 4) is 0 Å². The summed E-state index contributed by atoms with van der Waals surface area (Å²) in [6, 6.07) is 0. The van der Waals surface area contributed by atoms with Crippen molar-refractivity contribution in [1.29, 1.82) is 0 Å². The lowest BCUT2D eigenvalue weighted by Gasteiger charge is -2.12. The lowest BCUT2D eigenvalue weighted by atomic mass is 9.92. The first-order valence-electron chi connectivity index (χ1n) is 4.41. The Morgan fingerprint density at radius 2 is 2.42 bits per heavy atom. The smallest absolute Gasteiger partial charge is 0.130 e. The van der Waals surface area contributed by atoms with Gasteiger partial charge in [-0.1, -0.05) is 6.08 Å². The minimum Gasteiger partial charge on any atom is -0.374 e. The van der Waals surface area contributed by atoms with Crippen LogP contribution in [0.2, 0.25) is 0 Å². The van der Waals surface area contributed by atoms with Gasteiger partial charge in [0.1, 0.15) is 5.78 Å². The molecule has 1 aliphatic heterocycles. The van der Waals surface area contributed by atoms with Gasteiger partial charge in [-0.3, -0.25) is 0 Å². The number of carbonyl (C=O) groups excluding carboxylic acids is 1. The molecule has 1 heterocycles. The maximum Gasteiger partial charge on any atom is 0.130 e. The van der Waals surface area contributed by atoms with Crippen LogP contribution in [0.1, 0.15) is 27.2 Å². The van der Waals surface area contributed by atoms with Crippen LogP contribution in [0.5, 0.6) is 0 Å². The molecule has 1 rings (SSSR count). The Bertz CT molecular complexity index is 206. The molecular weight excluding hydrogens is 152 g/mol. The van der Waals surface area contributed by atoms with E-state index in [2.05, 4.69) is 6.08 Å². The summed E-state index contributed by atoms with van der Waals surface area (Å²) in [7, 11) is 0. The largest absolute Gasteiger partial charge is 0.374 e. The van der Waals surface area contributed by atoms with Crippen molar-refractivity contribution >= 4 is 5.78 Å². The van der Waals surface area contributed by atoms with Crippen molar-refractivity contribution < 1.29 is 9.53 Å². The molecule has 0 aliphatic carbocycles.